The number of ether oxygens (including phenoxy) is 1. The number of rotatable bonds is 16. The number of primary amides is 1. The van der Waals surface area contributed by atoms with Crippen molar-refractivity contribution >= 4 is 17.7 Å². The molecule has 0 rings (SSSR count). The fraction of sp³-hybridized carbons (Fsp3) is 0.864. The summed E-state index contributed by atoms with van der Waals surface area (Å²) in [5.74, 6) is 0.265. The van der Waals surface area contributed by atoms with Crippen LogP contribution in [0.2, 0.25) is 0 Å². The quantitative estimate of drug-likeness (QED) is 0.380. The number of nitrogens with one attached hydrogen (secondary N) is 1. The van der Waals surface area contributed by atoms with Crippen LogP contribution in [0, 0.1) is 11.8 Å². The van der Waals surface area contributed by atoms with E-state index in [0.717, 1.165) is 32.1 Å². The molecular weight excluding hydrogens is 370 g/mol. The van der Waals surface area contributed by atoms with E-state index in [0.29, 0.717) is 19.4 Å². The van der Waals surface area contributed by atoms with E-state index in [2.05, 4.69) is 19.2 Å². The van der Waals surface area contributed by atoms with Gasteiger partial charge in [-0.25, -0.2) is 0 Å². The molecule has 7 nitrogen and oxygen atoms in total. The van der Waals surface area contributed by atoms with Gasteiger partial charge in [0.15, 0.2) is 0 Å². The summed E-state index contributed by atoms with van der Waals surface area (Å²) in [5, 5.41) is 2.95. The minimum atomic E-state index is -0.346. The van der Waals surface area contributed by atoms with Crippen LogP contribution in [0.25, 0.3) is 0 Å². The molecule has 7 heteroatoms. The van der Waals surface area contributed by atoms with Gasteiger partial charge in [-0.1, -0.05) is 47.0 Å². The molecule has 0 spiro atoms. The Morgan fingerprint density at radius 3 is 2.17 bits per heavy atom. The Kier molecular flexibility index (Phi) is 14.4. The van der Waals surface area contributed by atoms with Gasteiger partial charge in [-0.2, -0.15) is 0 Å². The van der Waals surface area contributed by atoms with Gasteiger partial charge in [0.25, 0.3) is 0 Å². The summed E-state index contributed by atoms with van der Waals surface area (Å²) in [5.41, 5.74) is 5.12. The highest BCUT2D eigenvalue weighted by molar-refractivity contribution is 5.78. The van der Waals surface area contributed by atoms with Crippen LogP contribution < -0.4 is 11.1 Å². The van der Waals surface area contributed by atoms with Crippen molar-refractivity contribution in [2.45, 2.75) is 91.2 Å². The summed E-state index contributed by atoms with van der Waals surface area (Å²) in [7, 11) is 3.42. The summed E-state index contributed by atoms with van der Waals surface area (Å²) < 4.78 is 5.67. The first-order valence-electron chi connectivity index (χ1n) is 11.0. The number of hydrogen-bond acceptors (Lipinski definition) is 4. The number of methoxy groups -OCH3 is 1. The number of amides is 3. The minimum Gasteiger partial charge on any atom is -0.379 e. The molecule has 0 aromatic heterocycles. The first-order valence-corrected chi connectivity index (χ1v) is 11.0. The largest absolute Gasteiger partial charge is 0.379 e. The molecule has 29 heavy (non-hydrogen) atoms. The van der Waals surface area contributed by atoms with Gasteiger partial charge in [-0.05, 0) is 24.7 Å². The normalized spacial score (nSPS) is 14.3. The highest BCUT2D eigenvalue weighted by atomic mass is 16.5. The van der Waals surface area contributed by atoms with Gasteiger partial charge in [-0.3, -0.25) is 14.4 Å². The van der Waals surface area contributed by atoms with Gasteiger partial charge in [-0.15, -0.1) is 0 Å². The van der Waals surface area contributed by atoms with Crippen molar-refractivity contribution in [3.05, 3.63) is 0 Å². The fourth-order valence-corrected chi connectivity index (χ4v) is 3.50. The van der Waals surface area contributed by atoms with E-state index >= 15 is 0 Å². The van der Waals surface area contributed by atoms with Crippen LogP contribution in [0.3, 0.4) is 0 Å². The van der Waals surface area contributed by atoms with Gasteiger partial charge in [0, 0.05) is 33.5 Å². The van der Waals surface area contributed by atoms with E-state index in [4.69, 9.17) is 10.5 Å². The summed E-state index contributed by atoms with van der Waals surface area (Å²) in [6.45, 7) is 8.84. The van der Waals surface area contributed by atoms with Crippen LogP contribution >= 0.6 is 0 Å². The van der Waals surface area contributed by atoms with Gasteiger partial charge in [0.2, 0.25) is 17.7 Å². The summed E-state index contributed by atoms with van der Waals surface area (Å²) in [4.78, 5) is 37.5. The maximum absolute atomic E-state index is 12.6. The molecule has 0 saturated heterocycles. The van der Waals surface area contributed by atoms with Crippen LogP contribution in [0.4, 0.5) is 0 Å². The molecule has 170 valence electrons. The molecule has 0 saturated carbocycles. The lowest BCUT2D eigenvalue weighted by Crippen LogP contribution is -2.50. The maximum atomic E-state index is 12.6. The van der Waals surface area contributed by atoms with Crippen molar-refractivity contribution in [3.63, 3.8) is 0 Å². The van der Waals surface area contributed by atoms with Crippen molar-refractivity contribution in [1.82, 2.24) is 10.2 Å². The van der Waals surface area contributed by atoms with Gasteiger partial charge >= 0.3 is 0 Å². The van der Waals surface area contributed by atoms with E-state index in [-0.39, 0.29) is 48.1 Å². The van der Waals surface area contributed by atoms with Crippen molar-refractivity contribution in [1.29, 1.82) is 0 Å². The van der Waals surface area contributed by atoms with Crippen LogP contribution in [0.15, 0.2) is 0 Å². The monoisotopic (exact) mass is 413 g/mol. The highest BCUT2D eigenvalue weighted by Crippen LogP contribution is 2.22. The molecule has 3 atom stereocenters. The fourth-order valence-electron chi connectivity index (χ4n) is 3.50. The number of carbonyl (C=O) groups excluding carboxylic acids is 3. The first-order chi connectivity index (χ1) is 13.6. The van der Waals surface area contributed by atoms with E-state index in [1.807, 2.05) is 20.9 Å². The predicted octanol–water partition coefficient (Wildman–Crippen LogP) is 2.86. The molecule has 0 aromatic carbocycles. The van der Waals surface area contributed by atoms with Gasteiger partial charge in [0.1, 0.15) is 0 Å². The zero-order valence-corrected chi connectivity index (χ0v) is 19.3. The molecule has 0 bridgehead atoms. The lowest BCUT2D eigenvalue weighted by atomic mass is 9.90. The molecule has 0 aromatic rings. The number of nitrogens with two attached hydrogens (primary N) is 1. The second-order valence-corrected chi connectivity index (χ2v) is 8.44. The lowest BCUT2D eigenvalue weighted by Gasteiger charge is -2.38. The third kappa shape index (κ3) is 11.8. The Bertz CT molecular complexity index is 496. The van der Waals surface area contributed by atoms with Crippen molar-refractivity contribution in [2.24, 2.45) is 17.6 Å². The zero-order valence-electron chi connectivity index (χ0n) is 19.3. The minimum absolute atomic E-state index is 0.0630. The van der Waals surface area contributed by atoms with Crippen molar-refractivity contribution < 1.29 is 19.1 Å². The topological polar surface area (TPSA) is 102 Å². The van der Waals surface area contributed by atoms with Crippen molar-refractivity contribution in [3.8, 4) is 0 Å². The smallest absolute Gasteiger partial charge is 0.222 e. The third-order valence-corrected chi connectivity index (χ3v) is 5.39. The second-order valence-electron chi connectivity index (χ2n) is 8.44. The van der Waals surface area contributed by atoms with Gasteiger partial charge in [0.05, 0.1) is 18.6 Å². The van der Waals surface area contributed by atoms with Crippen LogP contribution in [0.1, 0.15) is 79.1 Å². The molecule has 0 fully saturated rings. The zero-order chi connectivity index (χ0) is 22.4. The number of nitrogens with zero attached hydrogens (tertiary/aromatic N) is 1. The Morgan fingerprint density at radius 1 is 1.03 bits per heavy atom. The van der Waals surface area contributed by atoms with Gasteiger partial charge < -0.3 is 20.7 Å². The second kappa shape index (κ2) is 15.2. The van der Waals surface area contributed by atoms with E-state index in [1.165, 1.54) is 0 Å². The van der Waals surface area contributed by atoms with E-state index in [9.17, 15) is 14.4 Å². The Morgan fingerprint density at radius 2 is 1.66 bits per heavy atom. The summed E-state index contributed by atoms with van der Waals surface area (Å²) in [6.07, 6.45) is 5.22. The molecule has 0 aliphatic rings. The molecule has 0 aliphatic carbocycles. The third-order valence-electron chi connectivity index (χ3n) is 5.39. The average molecular weight is 414 g/mol. The Hall–Kier alpha value is -1.63. The molecular formula is C22H43N3O4. The number of likely N-dealkylation sites (N-methyl/N-ethyl adjacent to an activating group) is 1. The lowest BCUT2D eigenvalue weighted by molar-refractivity contribution is -0.139. The van der Waals surface area contributed by atoms with Crippen LogP contribution in [-0.2, 0) is 19.1 Å². The SMILES string of the molecule is CCC(C)C(C(CC(=O)NCCCCCCC(N)=O)OC)N(C)C(=O)CC(C)C. The number of unbranched alkanes of at least 4 members (excludes halogenated alkanes) is 3. The first kappa shape index (κ1) is 27.4. The Balaban J connectivity index is 4.64. The molecule has 0 radical (unpaired) electrons. The van der Waals surface area contributed by atoms with Crippen LogP contribution in [-0.4, -0.2) is 55.5 Å². The molecule has 0 aliphatic heterocycles. The predicted molar refractivity (Wildman–Crippen MR) is 116 cm³/mol. The number of carbonyl (C=O) groups is 3. The summed E-state index contributed by atoms with van der Waals surface area (Å²) >= 11 is 0. The molecule has 3 unspecified atom stereocenters. The maximum Gasteiger partial charge on any atom is 0.222 e. The van der Waals surface area contributed by atoms with E-state index < -0.39 is 0 Å². The molecule has 0 heterocycles. The summed E-state index contributed by atoms with van der Waals surface area (Å²) in [6, 6.07) is -0.143. The molecule has 3 N–H and O–H groups in total. The average Bonchev–Trinajstić information content (AvgIpc) is 2.65. The Labute approximate surface area is 177 Å². The van der Waals surface area contributed by atoms with E-state index in [1.54, 1.807) is 12.0 Å². The van der Waals surface area contributed by atoms with Crippen LogP contribution in [0.5, 0.6) is 0 Å². The molecule has 3 amide bonds. The number of hydrogen-bond donors (Lipinski definition) is 2. The highest BCUT2D eigenvalue weighted by Gasteiger charge is 2.33. The van der Waals surface area contributed by atoms with Crippen molar-refractivity contribution in [2.75, 3.05) is 20.7 Å². The standard InChI is InChI=1S/C22H43N3O4/c1-7-17(4)22(25(5)21(28)14-16(2)3)18(29-6)15-20(27)24-13-11-9-8-10-12-19(23)26/h16-18,22H,7-15H2,1-6H3,(H2,23,26)(H,24,27).